The molecule has 0 N–H and O–H groups in total. The van der Waals surface area contributed by atoms with E-state index < -0.39 is 0 Å². The Morgan fingerprint density at radius 2 is 1.04 bits per heavy atom. The highest BCUT2D eigenvalue weighted by Gasteiger charge is 2.32. The highest BCUT2D eigenvalue weighted by molar-refractivity contribution is 5.47. The maximum absolute atomic E-state index is 5.79. The molecule has 0 saturated carbocycles. The Morgan fingerprint density at radius 3 is 1.40 bits per heavy atom. The highest BCUT2D eigenvalue weighted by atomic mass is 16.5. The average molecular weight is 344 g/mol. The van der Waals surface area contributed by atoms with Crippen LogP contribution in [0.2, 0.25) is 0 Å². The lowest BCUT2D eigenvalue weighted by Gasteiger charge is -2.21. The number of hydrogen-bond donors (Lipinski definition) is 0. The fourth-order valence-corrected chi connectivity index (χ4v) is 3.38. The van der Waals surface area contributed by atoms with Crippen molar-refractivity contribution >= 4 is 0 Å². The third kappa shape index (κ3) is 3.37. The molecule has 0 radical (unpaired) electrons. The number of hydrogen-bond acceptors (Lipinski definition) is 5. The van der Waals surface area contributed by atoms with Crippen LogP contribution in [0.4, 0.5) is 0 Å². The van der Waals surface area contributed by atoms with E-state index in [1.165, 1.54) is 11.1 Å². The molecule has 5 heteroatoms. The average Bonchev–Trinajstić information content (AvgIpc) is 3.16. The SMILES string of the molecule is COc1ccc([C@@H]2COC[C@H]2c2ccc(OC)c(OC)c2)cc1OC. The first kappa shape index (κ1) is 17.4. The summed E-state index contributed by atoms with van der Waals surface area (Å²) in [6, 6.07) is 12.1. The first-order valence-corrected chi connectivity index (χ1v) is 8.23. The molecule has 2 aromatic carbocycles. The Morgan fingerprint density at radius 1 is 0.640 bits per heavy atom. The zero-order valence-electron chi connectivity index (χ0n) is 15.1. The summed E-state index contributed by atoms with van der Waals surface area (Å²) in [6.45, 7) is 1.35. The first-order valence-electron chi connectivity index (χ1n) is 8.23. The van der Waals surface area contributed by atoms with Crippen molar-refractivity contribution in [2.24, 2.45) is 0 Å². The summed E-state index contributed by atoms with van der Waals surface area (Å²) in [5, 5.41) is 0. The van der Waals surface area contributed by atoms with Gasteiger partial charge in [0.15, 0.2) is 23.0 Å². The van der Waals surface area contributed by atoms with E-state index in [1.54, 1.807) is 28.4 Å². The molecule has 0 aromatic heterocycles. The molecule has 2 atom stereocenters. The molecular formula is C20H24O5. The lowest BCUT2D eigenvalue weighted by atomic mass is 9.84. The van der Waals surface area contributed by atoms with Crippen LogP contribution < -0.4 is 18.9 Å². The van der Waals surface area contributed by atoms with Crippen LogP contribution >= 0.6 is 0 Å². The van der Waals surface area contributed by atoms with Crippen molar-refractivity contribution in [2.75, 3.05) is 41.7 Å². The van der Waals surface area contributed by atoms with Crippen molar-refractivity contribution in [1.82, 2.24) is 0 Å². The topological polar surface area (TPSA) is 46.2 Å². The van der Waals surface area contributed by atoms with Crippen LogP contribution in [0.5, 0.6) is 23.0 Å². The zero-order chi connectivity index (χ0) is 17.8. The molecule has 134 valence electrons. The monoisotopic (exact) mass is 344 g/mol. The molecule has 5 nitrogen and oxygen atoms in total. The summed E-state index contributed by atoms with van der Waals surface area (Å²) >= 11 is 0. The molecule has 0 unspecified atom stereocenters. The van der Waals surface area contributed by atoms with E-state index in [0.717, 1.165) is 23.0 Å². The van der Waals surface area contributed by atoms with Gasteiger partial charge in [-0.1, -0.05) is 12.1 Å². The largest absolute Gasteiger partial charge is 0.493 e. The standard InChI is InChI=1S/C20H24O5/c1-21-17-7-5-13(9-19(17)23-3)15-11-25-12-16(15)14-6-8-18(22-2)20(10-14)24-4/h5-10,15-16H,11-12H2,1-4H3/t15-,16-/m0/s1. The molecule has 1 aliphatic heterocycles. The fraction of sp³-hybridized carbons (Fsp3) is 0.400. The number of benzene rings is 2. The van der Waals surface area contributed by atoms with Crippen LogP contribution in [-0.2, 0) is 4.74 Å². The second-order valence-corrected chi connectivity index (χ2v) is 5.98. The van der Waals surface area contributed by atoms with Crippen LogP contribution in [0.15, 0.2) is 36.4 Å². The minimum Gasteiger partial charge on any atom is -0.493 e. The summed E-state index contributed by atoms with van der Waals surface area (Å²) in [5.41, 5.74) is 2.35. The molecule has 1 fully saturated rings. The molecule has 2 aromatic rings. The van der Waals surface area contributed by atoms with Gasteiger partial charge in [0.1, 0.15) is 0 Å². The molecule has 0 bridgehead atoms. The summed E-state index contributed by atoms with van der Waals surface area (Å²) < 4.78 is 27.3. The lowest BCUT2D eigenvalue weighted by molar-refractivity contribution is 0.190. The van der Waals surface area contributed by atoms with Gasteiger partial charge in [0.05, 0.1) is 41.7 Å². The molecule has 0 spiro atoms. The van der Waals surface area contributed by atoms with Crippen molar-refractivity contribution in [3.8, 4) is 23.0 Å². The summed E-state index contributed by atoms with van der Waals surface area (Å²) in [5.74, 6) is 3.42. The van der Waals surface area contributed by atoms with Crippen molar-refractivity contribution in [3.63, 3.8) is 0 Å². The molecular weight excluding hydrogens is 320 g/mol. The van der Waals surface area contributed by atoms with Crippen molar-refractivity contribution in [3.05, 3.63) is 47.5 Å². The Hall–Kier alpha value is -2.40. The van der Waals surface area contributed by atoms with Gasteiger partial charge >= 0.3 is 0 Å². The Kier molecular flexibility index (Phi) is 5.34. The van der Waals surface area contributed by atoms with Crippen molar-refractivity contribution < 1.29 is 23.7 Å². The molecule has 0 amide bonds. The van der Waals surface area contributed by atoms with Gasteiger partial charge in [-0.15, -0.1) is 0 Å². The van der Waals surface area contributed by atoms with Gasteiger partial charge in [0.25, 0.3) is 0 Å². The van der Waals surface area contributed by atoms with Crippen LogP contribution in [0.1, 0.15) is 23.0 Å². The predicted octanol–water partition coefficient (Wildman–Crippen LogP) is 3.62. The van der Waals surface area contributed by atoms with E-state index >= 15 is 0 Å². The molecule has 0 aliphatic carbocycles. The van der Waals surface area contributed by atoms with Crippen molar-refractivity contribution in [1.29, 1.82) is 0 Å². The fourth-order valence-electron chi connectivity index (χ4n) is 3.38. The Labute approximate surface area is 148 Å². The zero-order valence-corrected chi connectivity index (χ0v) is 15.1. The van der Waals surface area contributed by atoms with E-state index in [-0.39, 0.29) is 11.8 Å². The predicted molar refractivity (Wildman–Crippen MR) is 95.4 cm³/mol. The van der Waals surface area contributed by atoms with Gasteiger partial charge in [-0.25, -0.2) is 0 Å². The van der Waals surface area contributed by atoms with E-state index in [0.29, 0.717) is 13.2 Å². The maximum atomic E-state index is 5.79. The summed E-state index contributed by atoms with van der Waals surface area (Å²) in [7, 11) is 6.59. The van der Waals surface area contributed by atoms with Gasteiger partial charge < -0.3 is 23.7 Å². The van der Waals surface area contributed by atoms with E-state index in [4.69, 9.17) is 23.7 Å². The second-order valence-electron chi connectivity index (χ2n) is 5.98. The first-order chi connectivity index (χ1) is 12.2. The second kappa shape index (κ2) is 7.66. The summed E-state index contributed by atoms with van der Waals surface area (Å²) in [4.78, 5) is 0. The minimum absolute atomic E-state index is 0.248. The Bertz CT molecular complexity index is 667. The lowest BCUT2D eigenvalue weighted by Crippen LogP contribution is -2.10. The van der Waals surface area contributed by atoms with Crippen LogP contribution in [0.3, 0.4) is 0 Å². The van der Waals surface area contributed by atoms with E-state index in [9.17, 15) is 0 Å². The Balaban J connectivity index is 1.93. The van der Waals surface area contributed by atoms with Crippen LogP contribution in [0.25, 0.3) is 0 Å². The molecule has 3 rings (SSSR count). The third-order valence-electron chi connectivity index (χ3n) is 4.75. The van der Waals surface area contributed by atoms with Gasteiger partial charge in [-0.05, 0) is 35.4 Å². The molecule has 1 aliphatic rings. The normalized spacial score (nSPS) is 19.5. The smallest absolute Gasteiger partial charge is 0.160 e. The van der Waals surface area contributed by atoms with Crippen LogP contribution in [0, 0.1) is 0 Å². The van der Waals surface area contributed by atoms with Crippen LogP contribution in [-0.4, -0.2) is 41.7 Å². The quantitative estimate of drug-likeness (QED) is 0.801. The number of ether oxygens (including phenoxy) is 5. The maximum Gasteiger partial charge on any atom is 0.160 e. The van der Waals surface area contributed by atoms with Gasteiger partial charge in [-0.2, -0.15) is 0 Å². The van der Waals surface area contributed by atoms with Gasteiger partial charge in [-0.3, -0.25) is 0 Å². The minimum atomic E-state index is 0.248. The molecule has 1 saturated heterocycles. The third-order valence-corrected chi connectivity index (χ3v) is 4.75. The van der Waals surface area contributed by atoms with Crippen molar-refractivity contribution in [2.45, 2.75) is 11.8 Å². The molecule has 25 heavy (non-hydrogen) atoms. The highest BCUT2D eigenvalue weighted by Crippen LogP contribution is 2.42. The molecule has 1 heterocycles. The van der Waals surface area contributed by atoms with E-state index in [1.807, 2.05) is 24.3 Å². The number of rotatable bonds is 6. The summed E-state index contributed by atoms with van der Waals surface area (Å²) in [6.07, 6.45) is 0. The van der Waals surface area contributed by atoms with Gasteiger partial charge in [0.2, 0.25) is 0 Å². The number of methoxy groups -OCH3 is 4. The van der Waals surface area contributed by atoms with Gasteiger partial charge in [0, 0.05) is 11.8 Å². The van der Waals surface area contributed by atoms with E-state index in [2.05, 4.69) is 12.1 Å².